The molecule has 1 saturated carbocycles. The Hall–Kier alpha value is -2.78. The van der Waals surface area contributed by atoms with Gasteiger partial charge in [-0.1, -0.05) is 44.6 Å². The molecule has 13 heteroatoms. The van der Waals surface area contributed by atoms with Gasteiger partial charge in [0.2, 0.25) is 5.79 Å². The number of cyclic esters (lactones) is 1. The van der Waals surface area contributed by atoms with Crippen LogP contribution in [0, 0.1) is 29.6 Å². The normalized spacial score (nSPS) is 41.0. The fourth-order valence-corrected chi connectivity index (χ4v) is 9.42. The smallest absolute Gasteiger partial charge is 0.329 e. The molecule has 14 atom stereocenters. The number of ether oxygens (including phenoxy) is 5. The summed E-state index contributed by atoms with van der Waals surface area (Å²) in [7, 11) is 4.61. The highest BCUT2D eigenvalue weighted by molar-refractivity contribution is 6.39. The molecule has 0 aromatic rings. The number of hydrogen-bond acceptors (Lipinski definition) is 12. The third kappa shape index (κ3) is 11.3. The van der Waals surface area contributed by atoms with E-state index in [1.165, 1.54) is 19.1 Å². The number of aliphatic hydroxyl groups excluding tert-OH is 2. The number of fused-ring (bicyclic) bond motifs is 3. The molecule has 4 rings (SSSR count). The van der Waals surface area contributed by atoms with Crippen LogP contribution in [0.3, 0.4) is 0 Å². The largest absolute Gasteiger partial charge is 0.456 e. The summed E-state index contributed by atoms with van der Waals surface area (Å²) in [5.41, 5.74) is 1.61. The molecule has 1 amide bonds. The molecule has 0 unspecified atom stereocenters. The summed E-state index contributed by atoms with van der Waals surface area (Å²) in [4.78, 5) is 57.8. The van der Waals surface area contributed by atoms with Gasteiger partial charge in [0.25, 0.3) is 11.7 Å². The van der Waals surface area contributed by atoms with E-state index in [-0.39, 0.29) is 49.5 Å². The number of nitrogens with zero attached hydrogens (tertiary/aromatic N) is 1. The third-order valence-electron chi connectivity index (χ3n) is 12.9. The predicted octanol–water partition coefficient (Wildman–Crippen LogP) is 4.64. The topological polar surface area (TPSA) is 178 Å². The molecule has 57 heavy (non-hydrogen) atoms. The molecule has 3 heterocycles. The fourth-order valence-electron chi connectivity index (χ4n) is 9.42. The Labute approximate surface area is 339 Å². The van der Waals surface area contributed by atoms with Crippen LogP contribution in [0.4, 0.5) is 0 Å². The first-order valence-corrected chi connectivity index (χ1v) is 20.9. The number of hydrogen-bond donors (Lipinski definition) is 3. The van der Waals surface area contributed by atoms with Crippen LogP contribution in [0.5, 0.6) is 0 Å². The quantitative estimate of drug-likeness (QED) is 0.185. The fraction of sp³-hybridized carbons (Fsp3) is 0.773. The number of carbonyl (C=O) groups excluding carboxylic acids is 4. The Morgan fingerprint density at radius 3 is 2.25 bits per heavy atom. The number of methoxy groups -OCH3 is 3. The maximum Gasteiger partial charge on any atom is 0.329 e. The minimum atomic E-state index is -2.51. The lowest BCUT2D eigenvalue weighted by Crippen LogP contribution is -2.64. The second-order valence-electron chi connectivity index (χ2n) is 17.3. The summed E-state index contributed by atoms with van der Waals surface area (Å²) in [6.45, 7) is 13.1. The standard InChI is InChI=1S/C44H69NO12/c1-10-13-31-19-25(2)18-26(3)20-37(54-8)40-38(55-9)22-28(5)44(52,57-40)41(49)42(50)45-17-12-11-14-32(45)43(51)56-39(29(6)34(47)24-35(31)48)27(4)21-30-15-16-33(46)36(23-30)53-7/h10,19,21,26,28-34,36-40,46-47,52H,1,11-18,20,22-24H2,2-9H3/b25-19+,27-21+/t26-,28+,29+,30-,31+,32-,33-,34-,36+,37-,38-,39+,40-,44+/m0/s1. The van der Waals surface area contributed by atoms with E-state index in [1.54, 1.807) is 27.0 Å². The summed E-state index contributed by atoms with van der Waals surface area (Å²) in [6, 6.07) is -1.14. The lowest BCUT2D eigenvalue weighted by molar-refractivity contribution is -0.302. The monoisotopic (exact) mass is 803 g/mol. The van der Waals surface area contributed by atoms with E-state index in [9.17, 15) is 34.5 Å². The number of esters is 1. The van der Waals surface area contributed by atoms with Crippen molar-refractivity contribution in [2.24, 2.45) is 29.6 Å². The molecule has 3 fully saturated rings. The second kappa shape index (κ2) is 21.0. The van der Waals surface area contributed by atoms with Crippen molar-refractivity contribution >= 4 is 23.4 Å². The summed E-state index contributed by atoms with van der Waals surface area (Å²) in [5, 5.41) is 34.1. The number of rotatable bonds is 7. The summed E-state index contributed by atoms with van der Waals surface area (Å²) in [6.07, 6.45) is 4.93. The van der Waals surface area contributed by atoms with Gasteiger partial charge < -0.3 is 43.9 Å². The Kier molecular flexibility index (Phi) is 17.2. The van der Waals surface area contributed by atoms with Crippen molar-refractivity contribution in [2.75, 3.05) is 27.9 Å². The highest BCUT2D eigenvalue weighted by Crippen LogP contribution is 2.39. The van der Waals surface area contributed by atoms with Crippen molar-refractivity contribution in [1.29, 1.82) is 0 Å². The lowest BCUT2D eigenvalue weighted by atomic mass is 9.81. The minimum Gasteiger partial charge on any atom is -0.456 e. The first-order chi connectivity index (χ1) is 27.0. The Morgan fingerprint density at radius 2 is 1.60 bits per heavy atom. The second-order valence-corrected chi connectivity index (χ2v) is 17.3. The molecule has 3 N–H and O–H groups in total. The zero-order valence-corrected chi connectivity index (χ0v) is 35.4. The van der Waals surface area contributed by atoms with E-state index < -0.39 is 83.9 Å². The number of allylic oxidation sites excluding steroid dienone is 4. The maximum atomic E-state index is 14.3. The van der Waals surface area contributed by atoms with Gasteiger partial charge in [-0.3, -0.25) is 14.4 Å². The van der Waals surface area contributed by atoms with E-state index >= 15 is 0 Å². The number of ketones is 2. The molecule has 2 saturated heterocycles. The molecule has 3 aliphatic heterocycles. The van der Waals surface area contributed by atoms with Gasteiger partial charge in [-0.2, -0.15) is 0 Å². The van der Waals surface area contributed by atoms with Crippen molar-refractivity contribution in [1.82, 2.24) is 4.90 Å². The molecule has 322 valence electrons. The van der Waals surface area contributed by atoms with E-state index in [2.05, 4.69) is 6.58 Å². The van der Waals surface area contributed by atoms with Crippen LogP contribution < -0.4 is 0 Å². The number of Topliss-reactive ketones (excluding diaryl/α,β-unsaturated/α-hetero) is 2. The van der Waals surface area contributed by atoms with Crippen LogP contribution in [-0.2, 0) is 42.9 Å². The number of aliphatic hydroxyl groups is 3. The van der Waals surface area contributed by atoms with Crippen molar-refractivity contribution < 1.29 is 58.2 Å². The summed E-state index contributed by atoms with van der Waals surface area (Å²) in [5.74, 6) is -7.76. The maximum absolute atomic E-state index is 14.3. The molecule has 0 radical (unpaired) electrons. The van der Waals surface area contributed by atoms with Crippen molar-refractivity contribution in [2.45, 2.75) is 160 Å². The average molecular weight is 804 g/mol. The summed E-state index contributed by atoms with van der Waals surface area (Å²) < 4.78 is 29.7. The van der Waals surface area contributed by atoms with Gasteiger partial charge in [-0.25, -0.2) is 4.79 Å². The number of carbonyl (C=O) groups is 4. The molecular weight excluding hydrogens is 734 g/mol. The highest BCUT2D eigenvalue weighted by Gasteiger charge is 2.56. The highest BCUT2D eigenvalue weighted by atomic mass is 16.7. The van der Waals surface area contributed by atoms with E-state index in [1.807, 2.05) is 32.9 Å². The van der Waals surface area contributed by atoms with Crippen LogP contribution in [0.15, 0.2) is 36.0 Å². The zero-order chi connectivity index (χ0) is 42.2. The molecular formula is C44H69NO12. The Morgan fingerprint density at radius 1 is 0.930 bits per heavy atom. The average Bonchev–Trinajstić information content (AvgIpc) is 3.18. The molecule has 0 aromatic heterocycles. The first kappa shape index (κ1) is 46.9. The van der Waals surface area contributed by atoms with Gasteiger partial charge >= 0.3 is 5.97 Å². The summed E-state index contributed by atoms with van der Waals surface area (Å²) >= 11 is 0. The number of piperidine rings is 1. The lowest BCUT2D eigenvalue weighted by Gasteiger charge is -2.47. The molecule has 13 nitrogen and oxygen atoms in total. The minimum absolute atomic E-state index is 0.00988. The van der Waals surface area contributed by atoms with Crippen LogP contribution in [0.1, 0.15) is 105 Å². The van der Waals surface area contributed by atoms with E-state index in [0.29, 0.717) is 56.9 Å². The molecule has 0 spiro atoms. The molecule has 0 aromatic carbocycles. The van der Waals surface area contributed by atoms with Gasteiger partial charge in [0.15, 0.2) is 0 Å². The van der Waals surface area contributed by atoms with Gasteiger partial charge in [-0.05, 0) is 95.5 Å². The van der Waals surface area contributed by atoms with Gasteiger partial charge in [-0.15, -0.1) is 6.58 Å². The van der Waals surface area contributed by atoms with Gasteiger partial charge in [0.1, 0.15) is 24.0 Å². The molecule has 1 aliphatic carbocycles. The first-order valence-electron chi connectivity index (χ1n) is 20.9. The van der Waals surface area contributed by atoms with Gasteiger partial charge in [0.05, 0.1) is 30.5 Å². The zero-order valence-electron chi connectivity index (χ0n) is 35.4. The van der Waals surface area contributed by atoms with Crippen LogP contribution in [-0.4, -0.2) is 126 Å². The molecule has 2 bridgehead atoms. The van der Waals surface area contributed by atoms with Crippen molar-refractivity contribution in [3.05, 3.63) is 36.0 Å². The van der Waals surface area contributed by atoms with Crippen molar-refractivity contribution in [3.8, 4) is 0 Å². The number of amides is 1. The van der Waals surface area contributed by atoms with E-state index in [0.717, 1.165) is 5.57 Å². The van der Waals surface area contributed by atoms with Crippen LogP contribution in [0.25, 0.3) is 0 Å². The van der Waals surface area contributed by atoms with E-state index in [4.69, 9.17) is 23.7 Å². The SMILES string of the molecule is C=CC[C@@H]1/C=C(\C)C[C@H](C)C[C@H](OC)[C@@H]2O[C@@](O)(C(=O)C(=O)N3CCCC[C@H]3C(=O)O[C@H](/C(C)=C/[C@@H]3CC[C@H](O)[C@H](OC)C3)[C@H](C)[C@@H](O)CC1=O)[C@H](C)C[C@@H]2OC. The predicted molar refractivity (Wildman–Crippen MR) is 213 cm³/mol. The Bertz CT molecular complexity index is 1480. The van der Waals surface area contributed by atoms with Gasteiger partial charge in [0, 0.05) is 52.0 Å². The molecule has 4 aliphatic rings. The van der Waals surface area contributed by atoms with Crippen molar-refractivity contribution in [3.63, 3.8) is 0 Å². The Balaban J connectivity index is 1.78. The third-order valence-corrected chi connectivity index (χ3v) is 12.9. The van der Waals surface area contributed by atoms with Crippen LogP contribution in [0.2, 0.25) is 0 Å². The van der Waals surface area contributed by atoms with Crippen LogP contribution >= 0.6 is 0 Å².